The lowest BCUT2D eigenvalue weighted by atomic mass is 9.97. The minimum atomic E-state index is -0.122. The van der Waals surface area contributed by atoms with E-state index in [0.29, 0.717) is 17.4 Å². The first-order valence-corrected chi connectivity index (χ1v) is 10.6. The van der Waals surface area contributed by atoms with Gasteiger partial charge in [-0.25, -0.2) is 0 Å². The van der Waals surface area contributed by atoms with Crippen LogP contribution in [0, 0.1) is 0 Å². The normalized spacial score (nSPS) is 18.1. The van der Waals surface area contributed by atoms with Crippen LogP contribution in [-0.2, 0) is 0 Å². The lowest BCUT2D eigenvalue weighted by Gasteiger charge is -2.30. The van der Waals surface area contributed by atoms with Gasteiger partial charge in [0.25, 0.3) is 0 Å². The number of nitrogens with one attached hydrogen (secondary N) is 1. The van der Waals surface area contributed by atoms with E-state index in [0.717, 1.165) is 28.1 Å². The fourth-order valence-corrected chi connectivity index (χ4v) is 3.94. The van der Waals surface area contributed by atoms with Crippen molar-refractivity contribution in [2.45, 2.75) is 19.1 Å². The fourth-order valence-electron chi connectivity index (χ4n) is 3.82. The molecule has 6 heteroatoms. The summed E-state index contributed by atoms with van der Waals surface area (Å²) >= 11 is 6.09. The summed E-state index contributed by atoms with van der Waals surface area (Å²) in [5.74, 6) is 1.46. The van der Waals surface area contributed by atoms with Gasteiger partial charge in [0.1, 0.15) is 11.8 Å². The summed E-state index contributed by atoms with van der Waals surface area (Å²) < 4.78 is 11.0. The maximum Gasteiger partial charge on any atom is 0.186 e. The van der Waals surface area contributed by atoms with Crippen LogP contribution in [0.1, 0.15) is 35.8 Å². The molecule has 1 aliphatic heterocycles. The van der Waals surface area contributed by atoms with Gasteiger partial charge in [-0.1, -0.05) is 41.9 Å². The number of halogens is 1. The highest BCUT2D eigenvalue weighted by molar-refractivity contribution is 6.30. The molecule has 0 amide bonds. The summed E-state index contributed by atoms with van der Waals surface area (Å²) in [5, 5.41) is 17.4. The molecular formula is C25H26ClN2O3+. The average Bonchev–Trinajstić information content (AvgIpc) is 2.81. The SMILES string of the molecule is CCOc1cccc(C2C=C(c3ccc(Cl)cc3)NC(c3cccc(OC)c3)[NH2+]2)c1O. The van der Waals surface area contributed by atoms with Crippen LogP contribution in [-0.4, -0.2) is 18.8 Å². The Morgan fingerprint density at radius 2 is 1.84 bits per heavy atom. The molecule has 2 unspecified atom stereocenters. The van der Waals surface area contributed by atoms with Gasteiger partial charge in [-0.2, -0.15) is 0 Å². The zero-order valence-corrected chi connectivity index (χ0v) is 18.3. The molecule has 5 nitrogen and oxygen atoms in total. The average molecular weight is 438 g/mol. The van der Waals surface area contributed by atoms with E-state index in [1.54, 1.807) is 13.2 Å². The number of hydrogen-bond acceptors (Lipinski definition) is 4. The number of phenols is 1. The molecule has 0 saturated carbocycles. The Bertz CT molecular complexity index is 1080. The van der Waals surface area contributed by atoms with Crippen LogP contribution in [0.3, 0.4) is 0 Å². The lowest BCUT2D eigenvalue weighted by molar-refractivity contribution is -0.731. The van der Waals surface area contributed by atoms with Gasteiger partial charge in [0, 0.05) is 22.4 Å². The van der Waals surface area contributed by atoms with Crippen molar-refractivity contribution in [1.82, 2.24) is 5.32 Å². The number of para-hydroxylation sites is 1. The summed E-state index contributed by atoms with van der Waals surface area (Å²) in [6.45, 7) is 2.39. The highest BCUT2D eigenvalue weighted by atomic mass is 35.5. The van der Waals surface area contributed by atoms with Crippen molar-refractivity contribution in [1.29, 1.82) is 0 Å². The highest BCUT2D eigenvalue weighted by Gasteiger charge is 2.30. The Labute approximate surface area is 187 Å². The van der Waals surface area contributed by atoms with Crippen molar-refractivity contribution >= 4 is 17.3 Å². The topological polar surface area (TPSA) is 67.3 Å². The van der Waals surface area contributed by atoms with E-state index in [9.17, 15) is 5.11 Å². The Kier molecular flexibility index (Phi) is 6.35. The number of ether oxygens (including phenoxy) is 2. The molecule has 0 bridgehead atoms. The molecular weight excluding hydrogens is 412 g/mol. The molecule has 3 aromatic carbocycles. The van der Waals surface area contributed by atoms with Gasteiger partial charge in [0.15, 0.2) is 17.7 Å². The van der Waals surface area contributed by atoms with Gasteiger partial charge in [0.2, 0.25) is 0 Å². The van der Waals surface area contributed by atoms with Crippen LogP contribution >= 0.6 is 11.6 Å². The third kappa shape index (κ3) is 4.63. The minimum absolute atomic E-state index is 0.0778. The second kappa shape index (κ2) is 9.33. The highest BCUT2D eigenvalue weighted by Crippen LogP contribution is 2.35. The van der Waals surface area contributed by atoms with Crippen LogP contribution in [0.5, 0.6) is 17.2 Å². The third-order valence-electron chi connectivity index (χ3n) is 5.35. The van der Waals surface area contributed by atoms with Gasteiger partial charge >= 0.3 is 0 Å². The molecule has 1 heterocycles. The molecule has 2 atom stereocenters. The van der Waals surface area contributed by atoms with Crippen LogP contribution in [0.2, 0.25) is 5.02 Å². The number of hydrogen-bond donors (Lipinski definition) is 3. The molecule has 31 heavy (non-hydrogen) atoms. The molecule has 0 saturated heterocycles. The Morgan fingerprint density at radius 1 is 1.06 bits per heavy atom. The zero-order valence-electron chi connectivity index (χ0n) is 17.5. The number of benzene rings is 3. The molecule has 0 radical (unpaired) electrons. The molecule has 0 fully saturated rings. The zero-order chi connectivity index (χ0) is 21.8. The van der Waals surface area contributed by atoms with E-state index in [1.807, 2.05) is 61.5 Å². The van der Waals surface area contributed by atoms with Crippen molar-refractivity contribution in [3.63, 3.8) is 0 Å². The first-order valence-electron chi connectivity index (χ1n) is 10.3. The van der Waals surface area contributed by atoms with Crippen LogP contribution in [0.15, 0.2) is 72.8 Å². The summed E-state index contributed by atoms with van der Waals surface area (Å²) in [7, 11) is 1.66. The summed E-state index contributed by atoms with van der Waals surface area (Å²) in [5.41, 5.74) is 3.87. The number of quaternary nitrogens is 1. The van der Waals surface area contributed by atoms with E-state index in [1.165, 1.54) is 0 Å². The minimum Gasteiger partial charge on any atom is -0.504 e. The van der Waals surface area contributed by atoms with Crippen LogP contribution in [0.25, 0.3) is 5.70 Å². The number of aromatic hydroxyl groups is 1. The van der Waals surface area contributed by atoms with Gasteiger partial charge in [0.05, 0.1) is 19.3 Å². The standard InChI is InChI=1S/C25H25ClN2O3/c1-3-31-23-9-5-8-20(24(23)29)22-15-21(16-10-12-18(26)13-11-16)27-25(28-22)17-6-4-7-19(14-17)30-2/h4-15,22,25,27-29H,3H2,1-2H3/p+1. The van der Waals surface area contributed by atoms with Gasteiger partial charge in [-0.15, -0.1) is 0 Å². The van der Waals surface area contributed by atoms with Crippen LogP contribution in [0.4, 0.5) is 0 Å². The van der Waals surface area contributed by atoms with E-state index in [4.69, 9.17) is 21.1 Å². The molecule has 0 aliphatic carbocycles. The predicted octanol–water partition coefficient (Wildman–Crippen LogP) is 4.40. The van der Waals surface area contributed by atoms with Crippen LogP contribution < -0.4 is 20.1 Å². The molecule has 160 valence electrons. The molecule has 4 rings (SSSR count). The molecule has 1 aliphatic rings. The lowest BCUT2D eigenvalue weighted by Crippen LogP contribution is -2.89. The van der Waals surface area contributed by atoms with E-state index >= 15 is 0 Å². The van der Waals surface area contributed by atoms with Crippen molar-refractivity contribution in [3.8, 4) is 17.2 Å². The summed E-state index contributed by atoms with van der Waals surface area (Å²) in [6.07, 6.45) is 2.04. The monoisotopic (exact) mass is 437 g/mol. The Morgan fingerprint density at radius 3 is 2.58 bits per heavy atom. The summed E-state index contributed by atoms with van der Waals surface area (Å²) in [4.78, 5) is 0. The number of rotatable bonds is 6. The summed E-state index contributed by atoms with van der Waals surface area (Å²) in [6, 6.07) is 21.2. The number of nitrogens with two attached hydrogens (primary N) is 1. The third-order valence-corrected chi connectivity index (χ3v) is 5.61. The fraction of sp³-hybridized carbons (Fsp3) is 0.200. The quantitative estimate of drug-likeness (QED) is 0.534. The number of phenolic OH excluding ortho intramolecular Hbond substituents is 1. The van der Waals surface area contributed by atoms with Gasteiger partial charge in [-0.3, -0.25) is 0 Å². The van der Waals surface area contributed by atoms with E-state index < -0.39 is 0 Å². The molecule has 4 N–H and O–H groups in total. The maximum atomic E-state index is 10.9. The first-order chi connectivity index (χ1) is 15.1. The van der Waals surface area contributed by atoms with E-state index in [2.05, 4.69) is 22.8 Å². The molecule has 0 spiro atoms. The Balaban J connectivity index is 1.76. The number of methoxy groups -OCH3 is 1. The maximum absolute atomic E-state index is 10.9. The first kappa shape index (κ1) is 21.1. The van der Waals surface area contributed by atoms with Gasteiger partial charge in [-0.05, 0) is 48.9 Å². The second-order valence-electron chi connectivity index (χ2n) is 7.33. The second-order valence-corrected chi connectivity index (χ2v) is 7.77. The largest absolute Gasteiger partial charge is 0.504 e. The predicted molar refractivity (Wildman–Crippen MR) is 122 cm³/mol. The Hall–Kier alpha value is -3.15. The molecule has 3 aromatic rings. The van der Waals surface area contributed by atoms with Crippen molar-refractivity contribution < 1.29 is 19.9 Å². The van der Waals surface area contributed by atoms with Gasteiger partial charge < -0.3 is 25.2 Å². The van der Waals surface area contributed by atoms with E-state index in [-0.39, 0.29) is 18.0 Å². The van der Waals surface area contributed by atoms with Crippen molar-refractivity contribution in [3.05, 3.63) is 94.5 Å². The smallest absolute Gasteiger partial charge is 0.186 e. The van der Waals surface area contributed by atoms with Crippen molar-refractivity contribution in [2.24, 2.45) is 0 Å². The van der Waals surface area contributed by atoms with Crippen molar-refractivity contribution in [2.75, 3.05) is 13.7 Å². The molecule has 0 aromatic heterocycles.